The molecule has 0 saturated carbocycles. The van der Waals surface area contributed by atoms with Crippen LogP contribution in [0.5, 0.6) is 0 Å². The van der Waals surface area contributed by atoms with E-state index in [-0.39, 0.29) is 5.56 Å². The summed E-state index contributed by atoms with van der Waals surface area (Å²) in [5.74, 6) is 0.545. The number of halogens is 1. The molecule has 2 heterocycles. The van der Waals surface area contributed by atoms with Crippen LogP contribution in [0.1, 0.15) is 5.69 Å². The highest BCUT2D eigenvalue weighted by molar-refractivity contribution is 9.10. The molecule has 2 aromatic rings. The van der Waals surface area contributed by atoms with Crippen molar-refractivity contribution in [1.29, 1.82) is 0 Å². The molecule has 0 amide bonds. The third-order valence-corrected chi connectivity index (χ3v) is 2.77. The Morgan fingerprint density at radius 1 is 1.38 bits per heavy atom. The summed E-state index contributed by atoms with van der Waals surface area (Å²) in [6.45, 7) is 0.678. The van der Waals surface area contributed by atoms with Crippen molar-refractivity contribution in [1.82, 2.24) is 19.9 Å². The predicted molar refractivity (Wildman–Crippen MR) is 63.3 cm³/mol. The Bertz CT molecular complexity index is 507. The van der Waals surface area contributed by atoms with Gasteiger partial charge in [0.05, 0.1) is 12.7 Å². The Hall–Kier alpha value is -1.63. The summed E-state index contributed by atoms with van der Waals surface area (Å²) in [5, 5.41) is 3.07. The summed E-state index contributed by atoms with van der Waals surface area (Å²) < 4.78 is 0.416. The molecule has 0 aliphatic heterocycles. The topological polar surface area (TPSA) is 86.5 Å². The van der Waals surface area contributed by atoms with Gasteiger partial charge in [-0.1, -0.05) is 0 Å². The first-order valence-electron chi connectivity index (χ1n) is 4.71. The number of aromatic nitrogens is 4. The molecule has 2 rings (SSSR count). The van der Waals surface area contributed by atoms with Crippen LogP contribution in [0.2, 0.25) is 0 Å². The standard InChI is InChI=1S/C9H10BrN5O/c10-7-8(14-5-15-9(7)16)12-2-1-6-3-11-4-13-6/h3-5H,1-2H2,(H,11,13)(H2,12,14,15,16). The van der Waals surface area contributed by atoms with Crippen LogP contribution >= 0.6 is 15.9 Å². The van der Waals surface area contributed by atoms with E-state index in [0.717, 1.165) is 12.1 Å². The van der Waals surface area contributed by atoms with Crippen LogP contribution in [0.25, 0.3) is 0 Å². The Labute approximate surface area is 99.7 Å². The van der Waals surface area contributed by atoms with E-state index in [4.69, 9.17) is 0 Å². The summed E-state index contributed by atoms with van der Waals surface area (Å²) in [6, 6.07) is 0. The summed E-state index contributed by atoms with van der Waals surface area (Å²) in [4.78, 5) is 24.6. The van der Waals surface area contributed by atoms with E-state index in [9.17, 15) is 4.79 Å². The molecule has 0 bridgehead atoms. The number of imidazole rings is 1. The van der Waals surface area contributed by atoms with Gasteiger partial charge in [0, 0.05) is 24.9 Å². The molecule has 3 N–H and O–H groups in total. The zero-order valence-corrected chi connectivity index (χ0v) is 9.91. The van der Waals surface area contributed by atoms with Crippen molar-refractivity contribution < 1.29 is 0 Å². The maximum absolute atomic E-state index is 11.2. The van der Waals surface area contributed by atoms with Gasteiger partial charge in [-0.15, -0.1) is 0 Å². The van der Waals surface area contributed by atoms with Gasteiger partial charge in [0.25, 0.3) is 5.56 Å². The third kappa shape index (κ3) is 2.48. The normalized spacial score (nSPS) is 10.3. The zero-order chi connectivity index (χ0) is 11.4. The monoisotopic (exact) mass is 283 g/mol. The van der Waals surface area contributed by atoms with E-state index in [1.54, 1.807) is 12.5 Å². The lowest BCUT2D eigenvalue weighted by Gasteiger charge is -2.05. The number of rotatable bonds is 4. The van der Waals surface area contributed by atoms with E-state index < -0.39 is 0 Å². The first-order valence-corrected chi connectivity index (χ1v) is 5.51. The van der Waals surface area contributed by atoms with Gasteiger partial charge in [0.2, 0.25) is 0 Å². The zero-order valence-electron chi connectivity index (χ0n) is 8.33. The smallest absolute Gasteiger partial charge is 0.267 e. The number of nitrogens with zero attached hydrogens (tertiary/aromatic N) is 2. The SMILES string of the molecule is O=c1[nH]cnc(NCCc2cnc[nH]2)c1Br. The molecule has 0 atom stereocenters. The molecular formula is C9H10BrN5O. The molecule has 0 radical (unpaired) electrons. The largest absolute Gasteiger partial charge is 0.369 e. The quantitative estimate of drug-likeness (QED) is 0.779. The molecule has 84 valence electrons. The van der Waals surface area contributed by atoms with Crippen molar-refractivity contribution in [2.75, 3.05) is 11.9 Å². The summed E-state index contributed by atoms with van der Waals surface area (Å²) in [5.41, 5.74) is 0.840. The van der Waals surface area contributed by atoms with Crippen molar-refractivity contribution in [2.24, 2.45) is 0 Å². The van der Waals surface area contributed by atoms with Crippen LogP contribution in [0.4, 0.5) is 5.82 Å². The second kappa shape index (κ2) is 4.93. The highest BCUT2D eigenvalue weighted by atomic mass is 79.9. The molecule has 0 aromatic carbocycles. The lowest BCUT2D eigenvalue weighted by atomic mass is 10.3. The van der Waals surface area contributed by atoms with Crippen LogP contribution in [0, 0.1) is 0 Å². The molecule has 0 unspecified atom stereocenters. The number of aromatic amines is 2. The minimum atomic E-state index is -0.195. The van der Waals surface area contributed by atoms with Gasteiger partial charge in [-0.3, -0.25) is 4.79 Å². The molecule has 7 heteroatoms. The van der Waals surface area contributed by atoms with Gasteiger partial charge in [0.1, 0.15) is 10.3 Å². The lowest BCUT2D eigenvalue weighted by Crippen LogP contribution is -2.13. The first-order chi connectivity index (χ1) is 7.77. The van der Waals surface area contributed by atoms with Gasteiger partial charge in [-0.05, 0) is 15.9 Å². The van der Waals surface area contributed by atoms with Crippen LogP contribution < -0.4 is 10.9 Å². The highest BCUT2D eigenvalue weighted by Crippen LogP contribution is 2.12. The maximum Gasteiger partial charge on any atom is 0.267 e. The summed E-state index contributed by atoms with van der Waals surface area (Å²) in [6.07, 6.45) is 5.56. The molecular weight excluding hydrogens is 274 g/mol. The number of anilines is 1. The van der Waals surface area contributed by atoms with Crippen molar-refractivity contribution in [3.8, 4) is 0 Å². The van der Waals surface area contributed by atoms with Crippen molar-refractivity contribution in [2.45, 2.75) is 6.42 Å². The third-order valence-electron chi connectivity index (χ3n) is 2.04. The fraction of sp³-hybridized carbons (Fsp3) is 0.222. The highest BCUT2D eigenvalue weighted by Gasteiger charge is 2.04. The molecule has 0 aliphatic carbocycles. The Kier molecular flexibility index (Phi) is 3.35. The van der Waals surface area contributed by atoms with E-state index >= 15 is 0 Å². The predicted octanol–water partition coefficient (Wildman–Crippen LogP) is 0.910. The first kappa shape index (κ1) is 10.9. The van der Waals surface area contributed by atoms with Gasteiger partial charge >= 0.3 is 0 Å². The summed E-state index contributed by atoms with van der Waals surface area (Å²) >= 11 is 3.17. The number of hydrogen-bond donors (Lipinski definition) is 3. The van der Waals surface area contributed by atoms with Crippen LogP contribution in [-0.4, -0.2) is 26.5 Å². The molecule has 16 heavy (non-hydrogen) atoms. The number of H-pyrrole nitrogens is 2. The van der Waals surface area contributed by atoms with Crippen molar-refractivity contribution >= 4 is 21.7 Å². The van der Waals surface area contributed by atoms with Gasteiger partial charge in [-0.2, -0.15) is 0 Å². The maximum atomic E-state index is 11.2. The van der Waals surface area contributed by atoms with E-state index in [1.165, 1.54) is 6.33 Å². The Morgan fingerprint density at radius 3 is 3.00 bits per heavy atom. The van der Waals surface area contributed by atoms with E-state index in [1.807, 2.05) is 0 Å². The minimum absolute atomic E-state index is 0.195. The van der Waals surface area contributed by atoms with E-state index in [0.29, 0.717) is 16.8 Å². The number of nitrogens with one attached hydrogen (secondary N) is 3. The molecule has 2 aromatic heterocycles. The van der Waals surface area contributed by atoms with Crippen LogP contribution in [-0.2, 0) is 6.42 Å². The van der Waals surface area contributed by atoms with Gasteiger partial charge in [-0.25, -0.2) is 9.97 Å². The second-order valence-corrected chi connectivity index (χ2v) is 3.94. The van der Waals surface area contributed by atoms with Crippen molar-refractivity contribution in [3.05, 3.63) is 39.4 Å². The molecule has 0 fully saturated rings. The Morgan fingerprint density at radius 2 is 2.25 bits per heavy atom. The van der Waals surface area contributed by atoms with Crippen LogP contribution in [0.15, 0.2) is 28.1 Å². The van der Waals surface area contributed by atoms with E-state index in [2.05, 4.69) is 41.2 Å². The number of hydrogen-bond acceptors (Lipinski definition) is 4. The Balaban J connectivity index is 1.95. The second-order valence-electron chi connectivity index (χ2n) is 3.15. The molecule has 0 spiro atoms. The lowest BCUT2D eigenvalue weighted by molar-refractivity contribution is 0.958. The average molecular weight is 284 g/mol. The summed E-state index contributed by atoms with van der Waals surface area (Å²) in [7, 11) is 0. The van der Waals surface area contributed by atoms with Gasteiger partial charge < -0.3 is 15.3 Å². The fourth-order valence-electron chi connectivity index (χ4n) is 1.24. The average Bonchev–Trinajstić information content (AvgIpc) is 2.77. The molecule has 6 nitrogen and oxygen atoms in total. The minimum Gasteiger partial charge on any atom is -0.369 e. The molecule has 0 aliphatic rings. The van der Waals surface area contributed by atoms with Crippen molar-refractivity contribution in [3.63, 3.8) is 0 Å². The fourth-order valence-corrected chi connectivity index (χ4v) is 1.60. The van der Waals surface area contributed by atoms with Crippen LogP contribution in [0.3, 0.4) is 0 Å². The van der Waals surface area contributed by atoms with Gasteiger partial charge in [0.15, 0.2) is 0 Å². The molecule has 0 saturated heterocycles.